The van der Waals surface area contributed by atoms with E-state index >= 15 is 0 Å². The number of rotatable bonds is 6. The van der Waals surface area contributed by atoms with Crippen LogP contribution in [0.15, 0.2) is 59.7 Å². The van der Waals surface area contributed by atoms with Crippen LogP contribution in [0.25, 0.3) is 5.69 Å². The highest BCUT2D eigenvalue weighted by atomic mass is 16.1. The van der Waals surface area contributed by atoms with Crippen molar-refractivity contribution in [2.24, 2.45) is 11.5 Å². The topological polar surface area (TPSA) is 141 Å². The first-order valence-corrected chi connectivity index (χ1v) is 10.3. The molecule has 1 fully saturated rings. The van der Waals surface area contributed by atoms with Gasteiger partial charge in [0.05, 0.1) is 0 Å². The zero-order valence-corrected chi connectivity index (χ0v) is 17.0. The van der Waals surface area contributed by atoms with Gasteiger partial charge in [-0.2, -0.15) is 4.98 Å². The predicted molar refractivity (Wildman–Crippen MR) is 120 cm³/mol. The molecule has 160 valence electrons. The summed E-state index contributed by atoms with van der Waals surface area (Å²) in [6.45, 7) is 0. The normalized spacial score (nSPS) is 18.4. The Morgan fingerprint density at radius 1 is 1.10 bits per heavy atom. The number of benzene rings is 1. The summed E-state index contributed by atoms with van der Waals surface area (Å²) in [5.74, 6) is 0.0668. The van der Waals surface area contributed by atoms with Crippen LogP contribution in [0.1, 0.15) is 36.0 Å². The molecular formula is C22H25N7O2. The minimum atomic E-state index is -0.629. The number of pyridine rings is 1. The van der Waals surface area contributed by atoms with Crippen LogP contribution < -0.4 is 27.7 Å². The summed E-state index contributed by atoms with van der Waals surface area (Å²) in [5, 5.41) is 6.41. The van der Waals surface area contributed by atoms with Crippen LogP contribution >= 0.6 is 0 Å². The van der Waals surface area contributed by atoms with Crippen LogP contribution in [0.5, 0.6) is 0 Å². The Balaban J connectivity index is 1.57. The number of hydrogen-bond donors (Lipinski definition) is 4. The van der Waals surface area contributed by atoms with E-state index in [9.17, 15) is 9.59 Å². The molecule has 1 saturated carbocycles. The molecule has 2 heterocycles. The molecular weight excluding hydrogens is 394 g/mol. The third-order valence-electron chi connectivity index (χ3n) is 5.42. The van der Waals surface area contributed by atoms with Crippen molar-refractivity contribution in [3.63, 3.8) is 0 Å². The molecule has 0 aliphatic heterocycles. The third kappa shape index (κ3) is 4.72. The van der Waals surface area contributed by atoms with Crippen molar-refractivity contribution in [3.8, 4) is 5.69 Å². The molecule has 4 rings (SSSR count). The molecule has 1 aromatic carbocycles. The van der Waals surface area contributed by atoms with Gasteiger partial charge in [-0.3, -0.25) is 14.2 Å². The number of carbonyl (C=O) groups is 1. The fourth-order valence-electron chi connectivity index (χ4n) is 3.71. The van der Waals surface area contributed by atoms with Crippen LogP contribution in [0.2, 0.25) is 0 Å². The summed E-state index contributed by atoms with van der Waals surface area (Å²) in [5.41, 5.74) is 13.2. The van der Waals surface area contributed by atoms with Crippen LogP contribution in [0, 0.1) is 0 Å². The van der Waals surface area contributed by atoms with Gasteiger partial charge in [-0.1, -0.05) is 18.9 Å². The van der Waals surface area contributed by atoms with Crippen LogP contribution in [-0.4, -0.2) is 32.5 Å². The minimum Gasteiger partial charge on any atom is -0.365 e. The highest BCUT2D eigenvalue weighted by Gasteiger charge is 2.23. The Kier molecular flexibility index (Phi) is 5.94. The molecule has 2 aromatic heterocycles. The van der Waals surface area contributed by atoms with Gasteiger partial charge >= 0.3 is 0 Å². The number of carbonyl (C=O) groups excluding carboxylic acids is 1. The van der Waals surface area contributed by atoms with E-state index in [-0.39, 0.29) is 23.2 Å². The summed E-state index contributed by atoms with van der Waals surface area (Å²) in [6.07, 6.45) is 7.25. The van der Waals surface area contributed by atoms with Gasteiger partial charge < -0.3 is 22.1 Å². The van der Waals surface area contributed by atoms with E-state index < -0.39 is 5.91 Å². The molecule has 1 aliphatic carbocycles. The number of anilines is 3. The van der Waals surface area contributed by atoms with Gasteiger partial charge in [-0.15, -0.1) is 0 Å². The monoisotopic (exact) mass is 419 g/mol. The molecule has 9 heteroatoms. The summed E-state index contributed by atoms with van der Waals surface area (Å²) in [7, 11) is 0. The second-order valence-electron chi connectivity index (χ2n) is 7.60. The van der Waals surface area contributed by atoms with Crippen LogP contribution in [0.3, 0.4) is 0 Å². The zero-order chi connectivity index (χ0) is 21.8. The maximum atomic E-state index is 12.0. The molecule has 6 N–H and O–H groups in total. The van der Waals surface area contributed by atoms with Gasteiger partial charge in [-0.25, -0.2) is 4.98 Å². The minimum absolute atomic E-state index is 0.0403. The first-order chi connectivity index (χ1) is 15.0. The third-order valence-corrected chi connectivity index (χ3v) is 5.42. The summed E-state index contributed by atoms with van der Waals surface area (Å²) >= 11 is 0. The fourth-order valence-corrected chi connectivity index (χ4v) is 3.71. The van der Waals surface area contributed by atoms with E-state index in [1.807, 2.05) is 0 Å². The summed E-state index contributed by atoms with van der Waals surface area (Å²) in [4.78, 5) is 32.6. The molecule has 0 saturated heterocycles. The van der Waals surface area contributed by atoms with Crippen molar-refractivity contribution in [2.45, 2.75) is 37.8 Å². The van der Waals surface area contributed by atoms with Crippen molar-refractivity contribution >= 4 is 23.4 Å². The standard InChI is InChI=1S/C22H25N7O2/c23-17-5-1-2-6-18(17)27-22-25-13-16(20(24)31)21(28-22)26-14-8-10-15(11-9-14)29-12-4-3-7-19(29)30/h3-4,7-13,17-18H,1-2,5-6,23H2,(H2,24,31)(H2,25,26,27,28)/t17-,18+/m0/s1. The van der Waals surface area contributed by atoms with Gasteiger partial charge in [-0.05, 0) is 43.2 Å². The van der Waals surface area contributed by atoms with E-state index in [0.717, 1.165) is 31.4 Å². The lowest BCUT2D eigenvalue weighted by molar-refractivity contribution is 0.100. The van der Waals surface area contributed by atoms with Crippen molar-refractivity contribution in [2.75, 3.05) is 10.6 Å². The average molecular weight is 419 g/mol. The smallest absolute Gasteiger partial charge is 0.255 e. The largest absolute Gasteiger partial charge is 0.365 e. The number of nitrogens with zero attached hydrogens (tertiary/aromatic N) is 3. The Morgan fingerprint density at radius 2 is 1.87 bits per heavy atom. The van der Waals surface area contributed by atoms with E-state index in [1.54, 1.807) is 47.2 Å². The number of nitrogens with one attached hydrogen (secondary N) is 2. The average Bonchev–Trinajstić information content (AvgIpc) is 2.76. The van der Waals surface area contributed by atoms with E-state index in [4.69, 9.17) is 11.5 Å². The second-order valence-corrected chi connectivity index (χ2v) is 7.60. The maximum absolute atomic E-state index is 12.0. The zero-order valence-electron chi connectivity index (χ0n) is 17.0. The summed E-state index contributed by atoms with van der Waals surface area (Å²) < 4.78 is 1.54. The van der Waals surface area contributed by atoms with E-state index in [1.165, 1.54) is 12.3 Å². The highest BCUT2D eigenvalue weighted by molar-refractivity contribution is 5.98. The quantitative estimate of drug-likeness (QED) is 0.480. The van der Waals surface area contributed by atoms with Gasteiger partial charge in [0.25, 0.3) is 11.5 Å². The first-order valence-electron chi connectivity index (χ1n) is 10.3. The van der Waals surface area contributed by atoms with Crippen LogP contribution in [-0.2, 0) is 0 Å². The SMILES string of the molecule is NC(=O)c1cnc(N[C@@H]2CCCC[C@@H]2N)nc1Nc1ccc(-n2ccccc2=O)cc1. The summed E-state index contributed by atoms with van der Waals surface area (Å²) in [6, 6.07) is 12.3. The Hall–Kier alpha value is -3.72. The van der Waals surface area contributed by atoms with Gasteiger partial charge in [0.1, 0.15) is 11.4 Å². The van der Waals surface area contributed by atoms with Crippen molar-refractivity contribution < 1.29 is 4.79 Å². The Morgan fingerprint density at radius 3 is 2.58 bits per heavy atom. The number of hydrogen-bond acceptors (Lipinski definition) is 7. The van der Waals surface area contributed by atoms with E-state index in [0.29, 0.717) is 17.5 Å². The molecule has 0 bridgehead atoms. The Labute approximate surface area is 179 Å². The van der Waals surface area contributed by atoms with E-state index in [2.05, 4.69) is 20.6 Å². The first kappa shape index (κ1) is 20.5. The molecule has 0 spiro atoms. The predicted octanol–water partition coefficient (Wildman–Crippen LogP) is 2.15. The molecule has 2 atom stereocenters. The van der Waals surface area contributed by atoms with Crippen molar-refractivity contribution in [3.05, 3.63) is 70.8 Å². The molecule has 0 radical (unpaired) electrons. The van der Waals surface area contributed by atoms with Crippen LogP contribution in [0.4, 0.5) is 17.5 Å². The lowest BCUT2D eigenvalue weighted by atomic mass is 9.91. The molecule has 31 heavy (non-hydrogen) atoms. The second kappa shape index (κ2) is 8.97. The molecule has 3 aromatic rings. The van der Waals surface area contributed by atoms with Crippen molar-refractivity contribution in [1.82, 2.24) is 14.5 Å². The molecule has 0 unspecified atom stereocenters. The highest BCUT2D eigenvalue weighted by Crippen LogP contribution is 2.23. The number of primary amides is 1. The number of nitrogens with two attached hydrogens (primary N) is 2. The number of amides is 1. The number of aromatic nitrogens is 3. The molecule has 1 amide bonds. The lowest BCUT2D eigenvalue weighted by Gasteiger charge is -2.29. The lowest BCUT2D eigenvalue weighted by Crippen LogP contribution is -2.43. The molecule has 9 nitrogen and oxygen atoms in total. The van der Waals surface area contributed by atoms with Gasteiger partial charge in [0, 0.05) is 41.9 Å². The van der Waals surface area contributed by atoms with Crippen molar-refractivity contribution in [1.29, 1.82) is 0 Å². The Bertz CT molecular complexity index is 1130. The van der Waals surface area contributed by atoms with Gasteiger partial charge in [0.2, 0.25) is 5.95 Å². The fraction of sp³-hybridized carbons (Fsp3) is 0.273. The molecule has 1 aliphatic rings. The van der Waals surface area contributed by atoms with Gasteiger partial charge in [0.15, 0.2) is 0 Å². The maximum Gasteiger partial charge on any atom is 0.255 e.